The monoisotopic (exact) mass is 1240 g/mol. The van der Waals surface area contributed by atoms with E-state index in [2.05, 4.69) is 20.7 Å². The van der Waals surface area contributed by atoms with Crippen molar-refractivity contribution < 1.29 is 61.1 Å². The normalized spacial score (nSPS) is 14.7. The van der Waals surface area contributed by atoms with E-state index in [4.69, 9.17) is 10.5 Å². The molecule has 0 bridgehead atoms. The molecule has 21 heteroatoms. The van der Waals surface area contributed by atoms with Crippen LogP contribution in [0.1, 0.15) is 148 Å². The number of unbranched alkanes of at least 4 members (excludes halogenated alkanes) is 2. The number of carbonyl (C=O) groups is 10. The first-order chi connectivity index (χ1) is 41.2. The fourth-order valence-corrected chi connectivity index (χ4v) is 11.8. The largest absolute Gasteiger partial charge is 0.461 e. The van der Waals surface area contributed by atoms with Gasteiger partial charge in [0.15, 0.2) is 0 Å². The summed E-state index contributed by atoms with van der Waals surface area (Å²) in [4.78, 5) is 133. The zero-order valence-electron chi connectivity index (χ0n) is 53.4. The molecular formula is C67H93N7O13S. The second-order valence-electron chi connectivity index (χ2n) is 25.3. The summed E-state index contributed by atoms with van der Waals surface area (Å²) in [5.74, 6) is -5.53. The van der Waals surface area contributed by atoms with E-state index in [0.29, 0.717) is 54.4 Å². The summed E-state index contributed by atoms with van der Waals surface area (Å²) >= 11 is 0. The lowest BCUT2D eigenvalue weighted by atomic mass is 9.76. The molecule has 0 aliphatic carbocycles. The van der Waals surface area contributed by atoms with Crippen molar-refractivity contribution >= 4 is 68.9 Å². The highest BCUT2D eigenvalue weighted by molar-refractivity contribution is 7.89. The van der Waals surface area contributed by atoms with Crippen molar-refractivity contribution in [1.29, 1.82) is 0 Å². The second kappa shape index (κ2) is 33.6. The Morgan fingerprint density at radius 2 is 1.30 bits per heavy atom. The van der Waals surface area contributed by atoms with Crippen molar-refractivity contribution in [1.82, 2.24) is 30.5 Å². The van der Waals surface area contributed by atoms with Gasteiger partial charge in [-0.1, -0.05) is 154 Å². The van der Waals surface area contributed by atoms with Crippen LogP contribution in [0.3, 0.4) is 0 Å². The van der Waals surface area contributed by atoms with Crippen molar-refractivity contribution in [2.45, 2.75) is 169 Å². The number of nitrogens with zero attached hydrogens (tertiary/aromatic N) is 2. The van der Waals surface area contributed by atoms with E-state index in [1.807, 2.05) is 92.6 Å². The maximum atomic E-state index is 14.4. The van der Waals surface area contributed by atoms with Gasteiger partial charge in [-0.25, -0.2) is 17.9 Å². The summed E-state index contributed by atoms with van der Waals surface area (Å²) in [6.07, 6.45) is 6.52. The Morgan fingerprint density at radius 1 is 0.716 bits per heavy atom. The lowest BCUT2D eigenvalue weighted by molar-refractivity contribution is -0.144. The molecule has 1 aliphatic heterocycles. The average Bonchev–Trinajstić information content (AvgIpc) is 2.06. The van der Waals surface area contributed by atoms with Crippen LogP contribution in [0.15, 0.2) is 103 Å². The molecule has 7 amide bonds. The predicted octanol–water partition coefficient (Wildman–Crippen LogP) is 7.30. The molecule has 6 N–H and O–H groups in total. The number of imide groups is 1. The Bertz CT molecular complexity index is 3100. The van der Waals surface area contributed by atoms with Crippen LogP contribution in [0.25, 0.3) is 0 Å². The Hall–Kier alpha value is -7.65. The minimum Gasteiger partial charge on any atom is -0.461 e. The van der Waals surface area contributed by atoms with Crippen LogP contribution in [0.2, 0.25) is 0 Å². The fourth-order valence-electron chi connectivity index (χ4n) is 10.7. The van der Waals surface area contributed by atoms with Gasteiger partial charge < -0.3 is 31.3 Å². The van der Waals surface area contributed by atoms with E-state index in [1.165, 1.54) is 36.1 Å². The number of amides is 7. The minimum atomic E-state index is -4.22. The third-order valence-electron chi connectivity index (χ3n) is 16.1. The highest BCUT2D eigenvalue weighted by Crippen LogP contribution is 2.30. The number of ether oxygens (including phenoxy) is 1. The van der Waals surface area contributed by atoms with Crippen molar-refractivity contribution in [2.75, 3.05) is 27.2 Å². The molecule has 3 aromatic carbocycles. The third kappa shape index (κ3) is 22.8. The average molecular weight is 1240 g/mol. The van der Waals surface area contributed by atoms with Crippen molar-refractivity contribution in [2.24, 2.45) is 34.8 Å². The quantitative estimate of drug-likeness (QED) is 0.0165. The molecule has 0 radical (unpaired) electrons. The van der Waals surface area contributed by atoms with Gasteiger partial charge in [0.05, 0.1) is 24.3 Å². The molecule has 88 heavy (non-hydrogen) atoms. The highest BCUT2D eigenvalue weighted by atomic mass is 32.2. The summed E-state index contributed by atoms with van der Waals surface area (Å²) in [5.41, 5.74) is 7.10. The number of likely N-dealkylation sites (N-methyl/N-ethyl adjacent to an activating group) is 2. The maximum absolute atomic E-state index is 14.4. The molecule has 1 aliphatic rings. The lowest BCUT2D eigenvalue weighted by Gasteiger charge is -2.40. The number of hydrogen-bond acceptors (Lipinski definition) is 14. The number of benzene rings is 3. The van der Waals surface area contributed by atoms with Crippen molar-refractivity contribution in [3.63, 3.8) is 0 Å². The van der Waals surface area contributed by atoms with Crippen molar-refractivity contribution in [3.05, 3.63) is 130 Å². The Labute approximate surface area is 520 Å². The lowest BCUT2D eigenvalue weighted by Crippen LogP contribution is -2.61. The van der Waals surface area contributed by atoms with Crippen LogP contribution >= 0.6 is 0 Å². The number of ketones is 3. The van der Waals surface area contributed by atoms with E-state index >= 15 is 0 Å². The number of rotatable bonds is 36. The predicted molar refractivity (Wildman–Crippen MR) is 337 cm³/mol. The Morgan fingerprint density at radius 3 is 1.85 bits per heavy atom. The molecule has 0 spiro atoms. The van der Waals surface area contributed by atoms with Gasteiger partial charge in [0.25, 0.3) is 17.7 Å². The molecule has 3 aromatic rings. The van der Waals surface area contributed by atoms with Crippen LogP contribution < -0.4 is 26.4 Å². The highest BCUT2D eigenvalue weighted by Gasteiger charge is 2.42. The van der Waals surface area contributed by atoms with Crippen LogP contribution in [0.5, 0.6) is 0 Å². The SMILES string of the molecule is CN[C@H](C(=O)N[C@H](C(=O)N(C)[C@H](/C=C(\C)C(=O)NS(=O)(=O)Cc1ccc(CC(=O)OCc2ccc(CC(=O)[C@@H](CCCNC(N)=O)CC(=O)C(CC(=O)CCCCCN3C(=O)C=CC3=O)C(C)C)cc2)cc1)C(C)C)C(C)(C)C)C(C)(C)c1ccccc1. The van der Waals surface area contributed by atoms with Crippen LogP contribution in [0.4, 0.5) is 4.79 Å². The van der Waals surface area contributed by atoms with Gasteiger partial charge in [0, 0.05) is 80.8 Å². The van der Waals surface area contributed by atoms with E-state index in [0.717, 1.165) is 10.5 Å². The Balaban J connectivity index is 1.29. The van der Waals surface area contributed by atoms with Crippen molar-refractivity contribution in [3.8, 4) is 0 Å². The van der Waals surface area contributed by atoms with E-state index < -0.39 is 74.5 Å². The van der Waals surface area contributed by atoms with E-state index in [1.54, 1.807) is 56.6 Å². The summed E-state index contributed by atoms with van der Waals surface area (Å²) in [5, 5.41) is 8.67. The zero-order valence-corrected chi connectivity index (χ0v) is 54.2. The van der Waals surface area contributed by atoms with Gasteiger partial charge in [0.1, 0.15) is 30.0 Å². The van der Waals surface area contributed by atoms with Crippen LogP contribution in [0, 0.1) is 29.1 Å². The molecule has 5 atom stereocenters. The molecule has 4 rings (SSSR count). The first kappa shape index (κ1) is 72.8. The molecule has 480 valence electrons. The number of nitrogens with two attached hydrogens (primary N) is 1. The topological polar surface area (TPSA) is 295 Å². The molecule has 20 nitrogen and oxygen atoms in total. The third-order valence-corrected chi connectivity index (χ3v) is 17.3. The number of carbonyl (C=O) groups excluding carboxylic acids is 10. The summed E-state index contributed by atoms with van der Waals surface area (Å²) in [7, 11) is -0.926. The fraction of sp³-hybridized carbons (Fsp3) is 0.522. The maximum Gasteiger partial charge on any atom is 0.312 e. The number of nitrogens with one attached hydrogen (secondary N) is 4. The molecule has 1 heterocycles. The summed E-state index contributed by atoms with van der Waals surface area (Å²) in [6, 6.07) is 19.8. The summed E-state index contributed by atoms with van der Waals surface area (Å²) in [6.45, 7) is 18.8. The molecule has 0 aromatic heterocycles. The number of primary amides is 1. The standard InChI is InChI=1S/C67H93N7O13S/c1-43(2)53(40-52(75)23-17-14-18-35-74-57(78)32-33-58(74)79)56(77)39-50(20-19-34-70-65(68)84)55(76)37-46-24-28-48(29-25-46)41-87-59(80)38-47-26-30-49(31-27-47)42-88(85,86)72-62(81)45(5)36-54(44(3)4)73(12)64(83)61(66(6,7)8)71-63(82)60(69-11)67(9,10)51-21-15-13-16-22-51/h13,15-16,21-22,24-33,36,43-44,50,53-54,60-61,69H,14,17-20,23,34-35,37-42H2,1-12H3,(H,71,82)(H,72,81)(H3,68,70,84)/b45-36+/t50-,53?,54+,60+,61+/m0/s1. The molecular weight excluding hydrogens is 1140 g/mol. The van der Waals surface area contributed by atoms with E-state index in [-0.39, 0.29) is 110 Å². The van der Waals surface area contributed by atoms with Gasteiger partial charge in [-0.2, -0.15) is 0 Å². The van der Waals surface area contributed by atoms with Gasteiger partial charge in [-0.3, -0.25) is 48.1 Å². The van der Waals surface area contributed by atoms with Gasteiger partial charge in [0.2, 0.25) is 21.8 Å². The molecule has 0 saturated heterocycles. The number of sulfonamides is 1. The summed E-state index contributed by atoms with van der Waals surface area (Å²) < 4.78 is 34.4. The second-order valence-corrected chi connectivity index (χ2v) is 27.0. The number of esters is 1. The molecule has 0 saturated carbocycles. The molecule has 0 fully saturated rings. The van der Waals surface area contributed by atoms with Gasteiger partial charge >= 0.3 is 12.0 Å². The first-order valence-electron chi connectivity index (χ1n) is 30.2. The molecule has 1 unspecified atom stereocenters. The Kier molecular flexibility index (Phi) is 27.8. The van der Waals surface area contributed by atoms with Gasteiger partial charge in [-0.15, -0.1) is 0 Å². The van der Waals surface area contributed by atoms with Crippen LogP contribution in [-0.4, -0.2) is 122 Å². The van der Waals surface area contributed by atoms with Gasteiger partial charge in [-0.05, 0) is 84.7 Å². The minimum absolute atomic E-state index is 0.00757. The smallest absolute Gasteiger partial charge is 0.312 e. The zero-order chi connectivity index (χ0) is 65.7. The first-order valence-corrected chi connectivity index (χ1v) is 31.9. The number of hydrogen-bond donors (Lipinski definition) is 5. The van der Waals surface area contributed by atoms with Crippen LogP contribution in [-0.2, 0) is 88.5 Å². The number of urea groups is 1. The van der Waals surface area contributed by atoms with E-state index in [9.17, 15) is 56.4 Å². The number of Topliss-reactive ketones (excluding diaryl/α,β-unsaturated/α-hetero) is 3.